The Kier molecular flexibility index (Phi) is 6.79. The molecule has 0 N–H and O–H groups in total. The normalized spacial score (nSPS) is 19.0. The van der Waals surface area contributed by atoms with Gasteiger partial charge < -0.3 is 14.5 Å². The first-order valence-electron chi connectivity index (χ1n) is 11.5. The average molecular weight is 443 g/mol. The summed E-state index contributed by atoms with van der Waals surface area (Å²) in [5, 5.41) is 0. The van der Waals surface area contributed by atoms with Crippen LogP contribution in [0.15, 0.2) is 54.6 Å². The Balaban J connectivity index is 1.24. The number of likely N-dealkylation sites (tertiary alicyclic amines) is 2. The van der Waals surface area contributed by atoms with Crippen LogP contribution >= 0.6 is 0 Å². The number of nitrogens with zero attached hydrogens (tertiary/aromatic N) is 2. The summed E-state index contributed by atoms with van der Waals surface area (Å²) in [7, 11) is 0. The van der Waals surface area contributed by atoms with Gasteiger partial charge in [-0.05, 0) is 75.0 Å². The Morgan fingerprint density at radius 2 is 1.59 bits per heavy atom. The van der Waals surface area contributed by atoms with Gasteiger partial charge in [-0.25, -0.2) is 0 Å². The van der Waals surface area contributed by atoms with Gasteiger partial charge >= 0.3 is 6.11 Å². The van der Waals surface area contributed by atoms with Gasteiger partial charge in [0.25, 0.3) is 0 Å². The van der Waals surface area contributed by atoms with Crippen molar-refractivity contribution in [3.8, 4) is 5.75 Å². The van der Waals surface area contributed by atoms with E-state index in [1.54, 1.807) is 12.1 Å². The highest BCUT2D eigenvalue weighted by Crippen LogP contribution is 2.42. The van der Waals surface area contributed by atoms with Crippen LogP contribution in [0.1, 0.15) is 43.7 Å². The zero-order valence-electron chi connectivity index (χ0n) is 18.7. The van der Waals surface area contributed by atoms with Gasteiger partial charge in [-0.2, -0.15) is 8.78 Å². The quantitative estimate of drug-likeness (QED) is 0.569. The number of alkyl halides is 2. The number of ether oxygens (including phenoxy) is 1. The molecule has 2 aliphatic rings. The van der Waals surface area contributed by atoms with E-state index in [0.29, 0.717) is 6.54 Å². The Morgan fingerprint density at radius 1 is 0.938 bits per heavy atom. The van der Waals surface area contributed by atoms with Crippen LogP contribution in [-0.2, 0) is 17.8 Å². The Bertz CT molecular complexity index is 888. The first kappa shape index (κ1) is 22.7. The lowest BCUT2D eigenvalue weighted by molar-refractivity contribution is -0.158. The second kappa shape index (κ2) is 9.57. The molecule has 1 spiro atoms. The molecule has 2 fully saturated rings. The predicted octanol–water partition coefficient (Wildman–Crippen LogP) is 5.13. The zero-order chi connectivity index (χ0) is 22.6. The minimum Gasteiger partial charge on any atom is -0.433 e. The van der Waals surface area contributed by atoms with Crippen LogP contribution in [0.25, 0.3) is 0 Å². The number of amides is 1. The number of piperidine rings is 1. The molecule has 0 aliphatic carbocycles. The molecule has 4 rings (SSSR count). The molecule has 1 amide bonds. The maximum Gasteiger partial charge on any atom is 0.394 e. The van der Waals surface area contributed by atoms with Crippen molar-refractivity contribution in [2.75, 3.05) is 26.2 Å². The van der Waals surface area contributed by atoms with Crippen LogP contribution in [0.3, 0.4) is 0 Å². The molecule has 2 saturated heterocycles. The molecule has 2 heterocycles. The smallest absolute Gasteiger partial charge is 0.394 e. The van der Waals surface area contributed by atoms with Gasteiger partial charge in [0.05, 0.1) is 5.41 Å². The topological polar surface area (TPSA) is 32.8 Å². The van der Waals surface area contributed by atoms with Crippen molar-refractivity contribution in [1.82, 2.24) is 9.80 Å². The maximum atomic E-state index is 13.2. The van der Waals surface area contributed by atoms with E-state index in [1.807, 2.05) is 11.0 Å². The molecule has 0 bridgehead atoms. The van der Waals surface area contributed by atoms with Crippen molar-refractivity contribution in [1.29, 1.82) is 0 Å². The van der Waals surface area contributed by atoms with Crippen molar-refractivity contribution in [2.45, 2.75) is 51.7 Å². The minimum atomic E-state index is -3.20. The lowest BCUT2D eigenvalue weighted by Crippen LogP contribution is -2.44. The van der Waals surface area contributed by atoms with Crippen LogP contribution < -0.4 is 4.74 Å². The van der Waals surface area contributed by atoms with E-state index in [0.717, 1.165) is 70.8 Å². The highest BCUT2D eigenvalue weighted by atomic mass is 19.3. The van der Waals surface area contributed by atoms with E-state index in [4.69, 9.17) is 0 Å². The first-order chi connectivity index (χ1) is 15.3. The van der Waals surface area contributed by atoms with Gasteiger partial charge in [0.1, 0.15) is 5.75 Å². The van der Waals surface area contributed by atoms with E-state index >= 15 is 0 Å². The summed E-state index contributed by atoms with van der Waals surface area (Å²) in [5.74, 6) is 0.381. The van der Waals surface area contributed by atoms with E-state index in [-0.39, 0.29) is 17.1 Å². The number of aryl methyl sites for hydroxylation is 1. The molecular weight excluding hydrogens is 410 g/mol. The first-order valence-corrected chi connectivity index (χ1v) is 11.5. The maximum absolute atomic E-state index is 13.2. The van der Waals surface area contributed by atoms with Gasteiger partial charge in [0, 0.05) is 20.0 Å². The Labute approximate surface area is 189 Å². The van der Waals surface area contributed by atoms with Crippen molar-refractivity contribution >= 4 is 5.91 Å². The average Bonchev–Trinajstić information content (AvgIpc) is 3.06. The molecule has 0 unspecified atom stereocenters. The monoisotopic (exact) mass is 442 g/mol. The summed E-state index contributed by atoms with van der Waals surface area (Å²) in [5.41, 5.74) is 2.09. The summed E-state index contributed by atoms with van der Waals surface area (Å²) in [6, 6.07) is 17.2. The molecular formula is C26H32F2N2O2. The van der Waals surface area contributed by atoms with Gasteiger partial charge in [0.2, 0.25) is 5.91 Å². The van der Waals surface area contributed by atoms with E-state index in [1.165, 1.54) is 17.7 Å². The van der Waals surface area contributed by atoms with Crippen LogP contribution in [0, 0.1) is 5.41 Å². The van der Waals surface area contributed by atoms with Gasteiger partial charge in [0.15, 0.2) is 0 Å². The van der Waals surface area contributed by atoms with Crippen LogP contribution in [0.4, 0.5) is 8.78 Å². The number of hydrogen-bond donors (Lipinski definition) is 0. The lowest BCUT2D eigenvalue weighted by atomic mass is 9.77. The second-order valence-electron chi connectivity index (χ2n) is 9.24. The summed E-state index contributed by atoms with van der Waals surface area (Å²) in [6.45, 7) is 5.03. The summed E-state index contributed by atoms with van der Waals surface area (Å²) in [4.78, 5) is 17.6. The van der Waals surface area contributed by atoms with E-state index < -0.39 is 6.11 Å². The van der Waals surface area contributed by atoms with E-state index in [9.17, 15) is 13.6 Å². The van der Waals surface area contributed by atoms with Crippen LogP contribution in [0.5, 0.6) is 5.75 Å². The Morgan fingerprint density at radius 3 is 2.25 bits per heavy atom. The number of benzene rings is 2. The van der Waals surface area contributed by atoms with Crippen LogP contribution in [0.2, 0.25) is 0 Å². The van der Waals surface area contributed by atoms with Crippen molar-refractivity contribution in [3.63, 3.8) is 0 Å². The lowest BCUT2D eigenvalue weighted by Gasteiger charge is -2.38. The van der Waals surface area contributed by atoms with Gasteiger partial charge in [-0.15, -0.1) is 0 Å². The van der Waals surface area contributed by atoms with Crippen molar-refractivity contribution in [3.05, 3.63) is 65.7 Å². The number of carbonyl (C=O) groups is 1. The SMILES string of the molecule is CC(F)(F)Oc1ccc(CN2CCC3(CCN(CCCc4ccccc4)CC3)C2=O)cc1. The molecule has 32 heavy (non-hydrogen) atoms. The highest BCUT2D eigenvalue weighted by molar-refractivity contribution is 5.85. The van der Waals surface area contributed by atoms with Gasteiger partial charge in [-0.1, -0.05) is 42.5 Å². The molecule has 6 heteroatoms. The van der Waals surface area contributed by atoms with Gasteiger partial charge in [-0.3, -0.25) is 4.79 Å². The molecule has 0 radical (unpaired) electrons. The fourth-order valence-electron chi connectivity index (χ4n) is 4.95. The molecule has 0 aromatic heterocycles. The fourth-order valence-corrected chi connectivity index (χ4v) is 4.95. The third kappa shape index (κ3) is 5.66. The van der Waals surface area contributed by atoms with Crippen LogP contribution in [-0.4, -0.2) is 48.0 Å². The van der Waals surface area contributed by atoms with Crippen molar-refractivity contribution in [2.24, 2.45) is 5.41 Å². The Hall–Kier alpha value is -2.47. The molecule has 2 aromatic rings. The molecule has 2 aliphatic heterocycles. The summed E-state index contributed by atoms with van der Waals surface area (Å²) < 4.78 is 30.6. The standard InChI is InChI=1S/C26H32F2N2O2/c1-25(27,28)32-23-11-9-22(10-12-23)20-30-19-15-26(24(30)31)13-17-29(18-14-26)16-5-8-21-6-3-2-4-7-21/h2-4,6-7,9-12H,5,8,13-20H2,1H3. The zero-order valence-corrected chi connectivity index (χ0v) is 18.7. The number of hydrogen-bond acceptors (Lipinski definition) is 3. The number of halogens is 2. The third-order valence-electron chi connectivity index (χ3n) is 6.79. The largest absolute Gasteiger partial charge is 0.433 e. The number of carbonyl (C=O) groups excluding carboxylic acids is 1. The predicted molar refractivity (Wildman–Crippen MR) is 121 cm³/mol. The molecule has 2 aromatic carbocycles. The fraction of sp³-hybridized carbons (Fsp3) is 0.500. The summed E-state index contributed by atoms with van der Waals surface area (Å²) >= 11 is 0. The van der Waals surface area contributed by atoms with E-state index in [2.05, 4.69) is 33.9 Å². The number of rotatable bonds is 8. The van der Waals surface area contributed by atoms with Crippen molar-refractivity contribution < 1.29 is 18.3 Å². The summed E-state index contributed by atoms with van der Waals surface area (Å²) in [6.07, 6.45) is 1.79. The minimum absolute atomic E-state index is 0.130. The highest BCUT2D eigenvalue weighted by Gasteiger charge is 2.47. The molecule has 172 valence electrons. The molecule has 0 atom stereocenters. The second-order valence-corrected chi connectivity index (χ2v) is 9.24. The molecule has 0 saturated carbocycles. The molecule has 4 nitrogen and oxygen atoms in total. The third-order valence-corrected chi connectivity index (χ3v) is 6.79.